The second kappa shape index (κ2) is 8.39. The van der Waals surface area contributed by atoms with Crippen LogP contribution < -0.4 is 4.90 Å². The Hall–Kier alpha value is -1.78. The van der Waals surface area contributed by atoms with Crippen LogP contribution in [0.4, 0.5) is 14.5 Å². The van der Waals surface area contributed by atoms with Crippen molar-refractivity contribution in [2.75, 3.05) is 44.7 Å². The third-order valence-corrected chi connectivity index (χ3v) is 8.18. The zero-order valence-electron chi connectivity index (χ0n) is 16.3. The van der Waals surface area contributed by atoms with Gasteiger partial charge in [-0.3, -0.25) is 4.84 Å². The highest BCUT2D eigenvalue weighted by molar-refractivity contribution is 7.89. The van der Waals surface area contributed by atoms with E-state index in [4.69, 9.17) is 16.4 Å². The first-order valence-electron chi connectivity index (χ1n) is 9.58. The third-order valence-electron chi connectivity index (χ3n) is 5.65. The van der Waals surface area contributed by atoms with Gasteiger partial charge in [0, 0.05) is 33.2 Å². The lowest BCUT2D eigenvalue weighted by molar-refractivity contribution is -0.110. The Bertz CT molecular complexity index is 1030. The number of para-hydroxylation sites is 1. The van der Waals surface area contributed by atoms with Gasteiger partial charge in [-0.25, -0.2) is 17.2 Å². The van der Waals surface area contributed by atoms with Crippen LogP contribution >= 0.6 is 11.6 Å². The molecule has 162 valence electrons. The minimum absolute atomic E-state index is 0.00791. The molecule has 0 radical (unpaired) electrons. The summed E-state index contributed by atoms with van der Waals surface area (Å²) in [5, 5.41) is 0.549. The molecule has 30 heavy (non-hydrogen) atoms. The van der Waals surface area contributed by atoms with E-state index in [9.17, 15) is 17.2 Å². The number of hydrogen-bond donors (Lipinski definition) is 0. The van der Waals surface area contributed by atoms with Crippen LogP contribution in [0.25, 0.3) is 0 Å². The Labute approximate surface area is 179 Å². The first kappa shape index (κ1) is 21.5. The Kier molecular flexibility index (Phi) is 6.00. The SMILES string of the molecule is CN1OC[C@@H](S(=O)(=O)N2CCN(c3ccccc3F)CC2)[C@H]1c1ccc(F)c(Cl)c1. The number of nitrogens with zero attached hydrogens (tertiary/aromatic N) is 3. The summed E-state index contributed by atoms with van der Waals surface area (Å²) in [5.74, 6) is -0.890. The molecule has 4 rings (SSSR count). The van der Waals surface area contributed by atoms with Crippen molar-refractivity contribution in [2.45, 2.75) is 11.3 Å². The average molecular weight is 458 g/mol. The summed E-state index contributed by atoms with van der Waals surface area (Å²) in [6.45, 7) is 1.25. The Morgan fingerprint density at radius 3 is 2.40 bits per heavy atom. The highest BCUT2D eigenvalue weighted by Gasteiger charge is 2.46. The van der Waals surface area contributed by atoms with Gasteiger partial charge in [-0.15, -0.1) is 0 Å². The minimum Gasteiger partial charge on any atom is -0.367 e. The van der Waals surface area contributed by atoms with E-state index in [0.29, 0.717) is 24.3 Å². The van der Waals surface area contributed by atoms with Crippen molar-refractivity contribution < 1.29 is 22.0 Å². The van der Waals surface area contributed by atoms with E-state index in [-0.39, 0.29) is 30.5 Å². The molecule has 2 aliphatic rings. The number of sulfonamides is 1. The van der Waals surface area contributed by atoms with Gasteiger partial charge >= 0.3 is 0 Å². The molecule has 0 spiro atoms. The van der Waals surface area contributed by atoms with Crippen LogP contribution in [0.1, 0.15) is 11.6 Å². The van der Waals surface area contributed by atoms with Gasteiger partial charge in [0.05, 0.1) is 23.4 Å². The topological polar surface area (TPSA) is 53.1 Å². The van der Waals surface area contributed by atoms with Crippen molar-refractivity contribution in [3.05, 3.63) is 64.7 Å². The first-order chi connectivity index (χ1) is 14.3. The van der Waals surface area contributed by atoms with Crippen molar-refractivity contribution >= 4 is 27.3 Å². The maximum Gasteiger partial charge on any atom is 0.221 e. The molecule has 0 aromatic heterocycles. The van der Waals surface area contributed by atoms with Crippen molar-refractivity contribution in [2.24, 2.45) is 0 Å². The lowest BCUT2D eigenvalue weighted by atomic mass is 10.0. The van der Waals surface area contributed by atoms with Crippen molar-refractivity contribution in [3.63, 3.8) is 0 Å². The van der Waals surface area contributed by atoms with Crippen molar-refractivity contribution in [1.82, 2.24) is 9.37 Å². The van der Waals surface area contributed by atoms with Crippen LogP contribution in [-0.2, 0) is 14.9 Å². The molecule has 2 heterocycles. The minimum atomic E-state index is -3.72. The Balaban J connectivity index is 1.53. The van der Waals surface area contributed by atoms with E-state index in [1.165, 1.54) is 33.6 Å². The Morgan fingerprint density at radius 2 is 1.73 bits per heavy atom. The van der Waals surface area contributed by atoms with Gasteiger partial charge in [0.1, 0.15) is 16.9 Å². The third kappa shape index (κ3) is 3.92. The summed E-state index contributed by atoms with van der Waals surface area (Å²) in [4.78, 5) is 7.36. The molecule has 0 aliphatic carbocycles. The highest BCUT2D eigenvalue weighted by atomic mass is 35.5. The number of anilines is 1. The standard InChI is InChI=1S/C20H22ClF2N3O3S/c1-24-20(14-6-7-16(22)15(21)12-14)19(13-29-24)30(27,28)26-10-8-25(9-11-26)18-5-3-2-4-17(18)23/h2-7,12,19-20H,8-11,13H2,1H3/t19-,20-/m1/s1. The van der Waals surface area contributed by atoms with E-state index < -0.39 is 27.1 Å². The van der Waals surface area contributed by atoms with Crippen LogP contribution in [0, 0.1) is 11.6 Å². The zero-order valence-corrected chi connectivity index (χ0v) is 17.9. The number of halogens is 3. The molecule has 0 bridgehead atoms. The molecule has 10 heteroatoms. The largest absolute Gasteiger partial charge is 0.367 e. The van der Waals surface area contributed by atoms with Gasteiger partial charge in [0.2, 0.25) is 10.0 Å². The smallest absolute Gasteiger partial charge is 0.221 e. The highest BCUT2D eigenvalue weighted by Crippen LogP contribution is 2.36. The molecule has 0 saturated carbocycles. The summed E-state index contributed by atoms with van der Waals surface area (Å²) < 4.78 is 55.9. The number of hydroxylamine groups is 2. The predicted octanol–water partition coefficient (Wildman–Crippen LogP) is 3.06. The van der Waals surface area contributed by atoms with Crippen molar-refractivity contribution in [1.29, 1.82) is 0 Å². The molecule has 0 amide bonds. The molecular weight excluding hydrogens is 436 g/mol. The van der Waals surface area contributed by atoms with Crippen LogP contribution in [-0.4, -0.2) is 62.9 Å². The molecule has 6 nitrogen and oxygen atoms in total. The van der Waals surface area contributed by atoms with Gasteiger partial charge < -0.3 is 4.90 Å². The molecule has 2 aromatic rings. The Morgan fingerprint density at radius 1 is 1.03 bits per heavy atom. The molecular formula is C20H22ClF2N3O3S. The summed E-state index contributed by atoms with van der Waals surface area (Å²) in [6.07, 6.45) is 0. The fourth-order valence-electron chi connectivity index (χ4n) is 4.05. The molecule has 2 fully saturated rings. The average Bonchev–Trinajstić information content (AvgIpc) is 3.13. The van der Waals surface area contributed by atoms with E-state index in [2.05, 4.69) is 0 Å². The van der Waals surface area contributed by atoms with Crippen LogP contribution in [0.15, 0.2) is 42.5 Å². The number of benzene rings is 2. The molecule has 0 N–H and O–H groups in total. The maximum atomic E-state index is 14.1. The van der Waals surface area contributed by atoms with E-state index in [1.807, 2.05) is 4.90 Å². The van der Waals surface area contributed by atoms with Crippen molar-refractivity contribution in [3.8, 4) is 0 Å². The second-order valence-corrected chi connectivity index (χ2v) is 9.94. The van der Waals surface area contributed by atoms with E-state index in [1.54, 1.807) is 25.2 Å². The predicted molar refractivity (Wildman–Crippen MR) is 111 cm³/mol. The van der Waals surface area contributed by atoms with Gasteiger partial charge in [0.25, 0.3) is 0 Å². The van der Waals surface area contributed by atoms with Gasteiger partial charge in [-0.2, -0.15) is 9.37 Å². The quantitative estimate of drug-likeness (QED) is 0.706. The van der Waals surface area contributed by atoms with Gasteiger partial charge in [-0.1, -0.05) is 29.8 Å². The fourth-order valence-corrected chi connectivity index (χ4v) is 6.18. The monoisotopic (exact) mass is 457 g/mol. The number of piperazine rings is 1. The van der Waals surface area contributed by atoms with Crippen LogP contribution in [0.5, 0.6) is 0 Å². The lowest BCUT2D eigenvalue weighted by Gasteiger charge is -2.37. The number of rotatable bonds is 4. The molecule has 2 saturated heterocycles. The number of hydrogen-bond acceptors (Lipinski definition) is 5. The second-order valence-electron chi connectivity index (χ2n) is 7.38. The van der Waals surface area contributed by atoms with E-state index >= 15 is 0 Å². The zero-order chi connectivity index (χ0) is 21.5. The summed E-state index contributed by atoms with van der Waals surface area (Å²) in [5.41, 5.74) is 1.04. The molecule has 2 aromatic carbocycles. The maximum absolute atomic E-state index is 14.1. The first-order valence-corrected chi connectivity index (χ1v) is 11.5. The van der Waals surface area contributed by atoms with Crippen LogP contribution in [0.3, 0.4) is 0 Å². The molecule has 0 unspecified atom stereocenters. The summed E-state index contributed by atoms with van der Waals surface area (Å²) >= 11 is 5.91. The lowest BCUT2D eigenvalue weighted by Crippen LogP contribution is -2.52. The van der Waals surface area contributed by atoms with Crippen LogP contribution in [0.2, 0.25) is 5.02 Å². The summed E-state index contributed by atoms with van der Waals surface area (Å²) in [6, 6.07) is 10.0. The van der Waals surface area contributed by atoms with Gasteiger partial charge in [0.15, 0.2) is 0 Å². The van der Waals surface area contributed by atoms with Gasteiger partial charge in [-0.05, 0) is 29.8 Å². The normalized spacial score (nSPS) is 23.8. The molecule has 2 atom stereocenters. The fraction of sp³-hybridized carbons (Fsp3) is 0.400. The van der Waals surface area contributed by atoms with E-state index in [0.717, 1.165) is 0 Å². The molecule has 2 aliphatic heterocycles. The summed E-state index contributed by atoms with van der Waals surface area (Å²) in [7, 11) is -2.07.